The van der Waals surface area contributed by atoms with Gasteiger partial charge in [-0.1, -0.05) is 0 Å². The minimum absolute atomic E-state index is 0.198. The third-order valence-corrected chi connectivity index (χ3v) is 3.65. The number of fused-ring (bicyclic) bond motifs is 1. The van der Waals surface area contributed by atoms with Gasteiger partial charge >= 0.3 is 0 Å². The summed E-state index contributed by atoms with van der Waals surface area (Å²) in [5, 5.41) is 1.06. The fourth-order valence-electron chi connectivity index (χ4n) is 2.57. The molecule has 3 aromatic heterocycles. The highest BCUT2D eigenvalue weighted by Gasteiger charge is 2.11. The van der Waals surface area contributed by atoms with Gasteiger partial charge in [-0.3, -0.25) is 0 Å². The molecular weight excluding hydrogens is 292 g/mol. The summed E-state index contributed by atoms with van der Waals surface area (Å²) in [6.45, 7) is 0. The van der Waals surface area contributed by atoms with Crippen molar-refractivity contribution in [1.82, 2.24) is 14.5 Å². The number of hydrogen-bond acceptors (Lipinski definition) is 5. The van der Waals surface area contributed by atoms with Crippen molar-refractivity contribution in [3.8, 4) is 23.0 Å². The number of anilines is 1. The Labute approximate surface area is 132 Å². The van der Waals surface area contributed by atoms with Gasteiger partial charge in [-0.25, -0.2) is 4.98 Å². The SMILES string of the molecule is COc1ccc2c(ccn2-c2cc(-c3ccco3)nc(N)n2)c1. The van der Waals surface area contributed by atoms with Crippen molar-refractivity contribution in [3.05, 3.63) is 54.9 Å². The Morgan fingerprint density at radius 1 is 1.13 bits per heavy atom. The number of hydrogen-bond donors (Lipinski definition) is 1. The van der Waals surface area contributed by atoms with Crippen molar-refractivity contribution in [2.45, 2.75) is 0 Å². The number of methoxy groups -OCH3 is 1. The third kappa shape index (κ3) is 2.30. The molecule has 2 N–H and O–H groups in total. The number of aromatic nitrogens is 3. The van der Waals surface area contributed by atoms with Gasteiger partial charge in [0.25, 0.3) is 0 Å². The highest BCUT2D eigenvalue weighted by atomic mass is 16.5. The van der Waals surface area contributed by atoms with Crippen LogP contribution < -0.4 is 10.5 Å². The average molecular weight is 306 g/mol. The third-order valence-electron chi connectivity index (χ3n) is 3.65. The zero-order valence-electron chi connectivity index (χ0n) is 12.4. The van der Waals surface area contributed by atoms with Crippen LogP contribution in [0.3, 0.4) is 0 Å². The van der Waals surface area contributed by atoms with Gasteiger partial charge in [0.1, 0.15) is 17.3 Å². The van der Waals surface area contributed by atoms with Crippen molar-refractivity contribution >= 4 is 16.9 Å². The van der Waals surface area contributed by atoms with Crippen molar-refractivity contribution < 1.29 is 9.15 Å². The monoisotopic (exact) mass is 306 g/mol. The van der Waals surface area contributed by atoms with E-state index in [2.05, 4.69) is 9.97 Å². The zero-order valence-corrected chi connectivity index (χ0v) is 12.4. The van der Waals surface area contributed by atoms with Crippen molar-refractivity contribution in [2.24, 2.45) is 0 Å². The molecule has 0 fully saturated rings. The molecule has 4 aromatic rings. The van der Waals surface area contributed by atoms with Gasteiger partial charge in [0.15, 0.2) is 5.76 Å². The summed E-state index contributed by atoms with van der Waals surface area (Å²) in [6.07, 6.45) is 3.54. The maximum Gasteiger partial charge on any atom is 0.222 e. The predicted molar refractivity (Wildman–Crippen MR) is 87.5 cm³/mol. The van der Waals surface area contributed by atoms with Crippen LogP contribution in [0.15, 0.2) is 59.3 Å². The van der Waals surface area contributed by atoms with Gasteiger partial charge in [0.05, 0.1) is 18.9 Å². The minimum Gasteiger partial charge on any atom is -0.497 e. The molecule has 0 aliphatic heterocycles. The summed E-state index contributed by atoms with van der Waals surface area (Å²) in [6, 6.07) is 13.4. The Hall–Kier alpha value is -3.28. The Balaban J connectivity index is 1.88. The standard InChI is InChI=1S/C17H14N4O2/c1-22-12-4-5-14-11(9-12)6-7-21(14)16-10-13(19-17(18)20-16)15-3-2-8-23-15/h2-10H,1H3,(H2,18,19,20). The van der Waals surface area contributed by atoms with Crippen LogP contribution in [-0.4, -0.2) is 21.6 Å². The lowest BCUT2D eigenvalue weighted by Gasteiger charge is -2.07. The van der Waals surface area contributed by atoms with Crippen LogP contribution >= 0.6 is 0 Å². The highest BCUT2D eigenvalue weighted by Crippen LogP contribution is 2.26. The van der Waals surface area contributed by atoms with Crippen molar-refractivity contribution in [2.75, 3.05) is 12.8 Å². The lowest BCUT2D eigenvalue weighted by Crippen LogP contribution is -2.03. The molecule has 6 nitrogen and oxygen atoms in total. The van der Waals surface area contributed by atoms with Crippen LogP contribution in [0.1, 0.15) is 0 Å². The number of furan rings is 1. The second-order valence-electron chi connectivity index (χ2n) is 5.06. The van der Waals surface area contributed by atoms with Crippen LogP contribution in [0, 0.1) is 0 Å². The van der Waals surface area contributed by atoms with Gasteiger partial charge in [0, 0.05) is 17.6 Å². The van der Waals surface area contributed by atoms with Crippen LogP contribution in [0.25, 0.3) is 28.2 Å². The Morgan fingerprint density at radius 3 is 2.83 bits per heavy atom. The first-order valence-electron chi connectivity index (χ1n) is 7.08. The smallest absolute Gasteiger partial charge is 0.222 e. The van der Waals surface area contributed by atoms with E-state index in [9.17, 15) is 0 Å². The molecule has 1 aromatic carbocycles. The molecule has 0 atom stereocenters. The summed E-state index contributed by atoms with van der Waals surface area (Å²) in [7, 11) is 1.65. The normalized spacial score (nSPS) is 11.0. The molecule has 0 saturated carbocycles. The second-order valence-corrected chi connectivity index (χ2v) is 5.06. The lowest BCUT2D eigenvalue weighted by molar-refractivity contribution is 0.415. The number of benzene rings is 1. The zero-order chi connectivity index (χ0) is 15.8. The Kier molecular flexibility index (Phi) is 3.01. The van der Waals surface area contributed by atoms with Crippen LogP contribution in [-0.2, 0) is 0 Å². The molecular formula is C17H14N4O2. The molecule has 0 unspecified atom stereocenters. The maximum absolute atomic E-state index is 5.86. The summed E-state index contributed by atoms with van der Waals surface area (Å²) in [5.41, 5.74) is 7.52. The van der Waals surface area contributed by atoms with Crippen LogP contribution in [0.5, 0.6) is 5.75 Å². The second kappa shape index (κ2) is 5.17. The lowest BCUT2D eigenvalue weighted by atomic mass is 10.2. The van der Waals surface area contributed by atoms with E-state index in [-0.39, 0.29) is 5.95 Å². The quantitative estimate of drug-likeness (QED) is 0.628. The topological polar surface area (TPSA) is 79.1 Å². The molecule has 3 heterocycles. The summed E-state index contributed by atoms with van der Waals surface area (Å²) >= 11 is 0. The number of rotatable bonds is 3. The van der Waals surface area contributed by atoms with Crippen molar-refractivity contribution in [1.29, 1.82) is 0 Å². The molecule has 0 amide bonds. The Morgan fingerprint density at radius 2 is 2.04 bits per heavy atom. The van der Waals surface area contributed by atoms with E-state index in [1.807, 2.05) is 53.2 Å². The molecule has 0 saturated heterocycles. The number of nitrogens with two attached hydrogens (primary N) is 1. The molecule has 0 radical (unpaired) electrons. The molecule has 23 heavy (non-hydrogen) atoms. The highest BCUT2D eigenvalue weighted by molar-refractivity contribution is 5.83. The largest absolute Gasteiger partial charge is 0.497 e. The maximum atomic E-state index is 5.86. The molecule has 6 heteroatoms. The fraction of sp³-hybridized carbons (Fsp3) is 0.0588. The predicted octanol–water partition coefficient (Wildman–Crippen LogP) is 3.27. The summed E-state index contributed by atoms with van der Waals surface area (Å²) < 4.78 is 12.6. The molecule has 0 bridgehead atoms. The molecule has 0 spiro atoms. The average Bonchev–Trinajstić information content (AvgIpc) is 3.23. The van der Waals surface area contributed by atoms with E-state index >= 15 is 0 Å². The van der Waals surface area contributed by atoms with Gasteiger partial charge in [-0.05, 0) is 36.4 Å². The number of nitrogens with zero attached hydrogens (tertiary/aromatic N) is 3. The van der Waals surface area contributed by atoms with E-state index < -0.39 is 0 Å². The van der Waals surface area contributed by atoms with Gasteiger partial charge in [-0.2, -0.15) is 4.98 Å². The minimum atomic E-state index is 0.198. The molecule has 114 valence electrons. The van der Waals surface area contributed by atoms with E-state index in [1.54, 1.807) is 13.4 Å². The van der Waals surface area contributed by atoms with Gasteiger partial charge in [0.2, 0.25) is 5.95 Å². The van der Waals surface area contributed by atoms with E-state index in [0.29, 0.717) is 17.3 Å². The molecule has 4 rings (SSSR count). The van der Waals surface area contributed by atoms with Gasteiger partial charge in [-0.15, -0.1) is 0 Å². The first-order valence-corrected chi connectivity index (χ1v) is 7.08. The van der Waals surface area contributed by atoms with Crippen LogP contribution in [0.4, 0.5) is 5.95 Å². The van der Waals surface area contributed by atoms with E-state index in [4.69, 9.17) is 14.9 Å². The van der Waals surface area contributed by atoms with Crippen molar-refractivity contribution in [3.63, 3.8) is 0 Å². The van der Waals surface area contributed by atoms with Crippen LogP contribution in [0.2, 0.25) is 0 Å². The Bertz CT molecular complexity index is 974. The summed E-state index contributed by atoms with van der Waals surface area (Å²) in [4.78, 5) is 8.57. The van der Waals surface area contributed by atoms with Gasteiger partial charge < -0.3 is 19.5 Å². The first kappa shape index (κ1) is 13.4. The molecule has 0 aliphatic carbocycles. The molecule has 0 aliphatic rings. The van der Waals surface area contributed by atoms with E-state index in [0.717, 1.165) is 16.7 Å². The first-order chi connectivity index (χ1) is 11.2. The summed E-state index contributed by atoms with van der Waals surface area (Å²) in [5.74, 6) is 2.35. The van der Waals surface area contributed by atoms with E-state index in [1.165, 1.54) is 0 Å². The number of ether oxygens (including phenoxy) is 1. The number of nitrogen functional groups attached to an aromatic ring is 1. The fourth-order valence-corrected chi connectivity index (χ4v) is 2.57.